The first kappa shape index (κ1) is 12.3. The van der Waals surface area contributed by atoms with E-state index in [2.05, 4.69) is 21.2 Å². The molecule has 0 atom stereocenters. The van der Waals surface area contributed by atoms with E-state index in [0.29, 0.717) is 10.7 Å². The fraction of sp³-hybridized carbons (Fsp3) is 0.0769. The lowest BCUT2D eigenvalue weighted by atomic mass is 10.2. The minimum Gasteiger partial charge on any atom is -0.397 e. The molecular formula is C13H12BrClN2. The highest BCUT2D eigenvalue weighted by Crippen LogP contribution is 2.29. The van der Waals surface area contributed by atoms with E-state index in [9.17, 15) is 0 Å². The number of nitrogen functional groups attached to an aromatic ring is 1. The Kier molecular flexibility index (Phi) is 3.60. The molecule has 2 nitrogen and oxygen atoms in total. The standard InChI is InChI=1S/C13H12BrClN2/c1-8-2-3-9(14)6-12(8)17-13-7-10(15)4-5-11(13)16/h2-7,17H,16H2,1H3. The minimum absolute atomic E-state index is 0.661. The van der Waals surface area contributed by atoms with E-state index in [1.54, 1.807) is 12.1 Å². The molecule has 0 spiro atoms. The molecule has 4 heteroatoms. The van der Waals surface area contributed by atoms with Gasteiger partial charge in [0.15, 0.2) is 0 Å². The Morgan fingerprint density at radius 3 is 2.65 bits per heavy atom. The van der Waals surface area contributed by atoms with Gasteiger partial charge in [-0.05, 0) is 42.8 Å². The molecule has 0 aliphatic carbocycles. The maximum atomic E-state index is 5.95. The van der Waals surface area contributed by atoms with Crippen molar-refractivity contribution in [3.63, 3.8) is 0 Å². The van der Waals surface area contributed by atoms with Crippen LogP contribution < -0.4 is 11.1 Å². The van der Waals surface area contributed by atoms with Crippen LogP contribution in [0.1, 0.15) is 5.56 Å². The number of anilines is 3. The fourth-order valence-corrected chi connectivity index (χ4v) is 2.04. The van der Waals surface area contributed by atoms with Gasteiger partial charge in [0.25, 0.3) is 0 Å². The van der Waals surface area contributed by atoms with Crippen LogP contribution in [0.5, 0.6) is 0 Å². The lowest BCUT2D eigenvalue weighted by Crippen LogP contribution is -1.97. The third-order valence-corrected chi connectivity index (χ3v) is 3.21. The second-order valence-corrected chi connectivity index (χ2v) is 5.17. The number of nitrogens with one attached hydrogen (secondary N) is 1. The van der Waals surface area contributed by atoms with Gasteiger partial charge in [0.05, 0.1) is 11.4 Å². The molecule has 0 bridgehead atoms. The van der Waals surface area contributed by atoms with E-state index < -0.39 is 0 Å². The van der Waals surface area contributed by atoms with Gasteiger partial charge in [-0.15, -0.1) is 0 Å². The zero-order valence-electron chi connectivity index (χ0n) is 9.30. The first-order valence-electron chi connectivity index (χ1n) is 5.14. The summed E-state index contributed by atoms with van der Waals surface area (Å²) in [5.41, 5.74) is 9.54. The summed E-state index contributed by atoms with van der Waals surface area (Å²) >= 11 is 9.39. The van der Waals surface area contributed by atoms with Gasteiger partial charge < -0.3 is 11.1 Å². The van der Waals surface area contributed by atoms with Crippen molar-refractivity contribution in [3.8, 4) is 0 Å². The van der Waals surface area contributed by atoms with Crippen molar-refractivity contribution in [1.82, 2.24) is 0 Å². The van der Waals surface area contributed by atoms with Gasteiger partial charge in [0.1, 0.15) is 0 Å². The monoisotopic (exact) mass is 310 g/mol. The van der Waals surface area contributed by atoms with Gasteiger partial charge in [-0.2, -0.15) is 0 Å². The van der Waals surface area contributed by atoms with Crippen molar-refractivity contribution in [2.75, 3.05) is 11.1 Å². The summed E-state index contributed by atoms with van der Waals surface area (Å²) in [5.74, 6) is 0. The molecular weight excluding hydrogens is 300 g/mol. The normalized spacial score (nSPS) is 10.3. The molecule has 0 amide bonds. The molecule has 2 aromatic carbocycles. The minimum atomic E-state index is 0.661. The summed E-state index contributed by atoms with van der Waals surface area (Å²) in [7, 11) is 0. The van der Waals surface area contributed by atoms with Crippen LogP contribution in [0.25, 0.3) is 0 Å². The largest absolute Gasteiger partial charge is 0.397 e. The Bertz CT molecular complexity index is 506. The van der Waals surface area contributed by atoms with Crippen LogP contribution >= 0.6 is 27.5 Å². The first-order valence-corrected chi connectivity index (χ1v) is 6.31. The van der Waals surface area contributed by atoms with Crippen molar-refractivity contribution < 1.29 is 0 Å². The molecule has 17 heavy (non-hydrogen) atoms. The molecule has 0 saturated heterocycles. The molecule has 0 heterocycles. The van der Waals surface area contributed by atoms with Crippen LogP contribution in [-0.2, 0) is 0 Å². The van der Waals surface area contributed by atoms with Crippen molar-refractivity contribution in [2.45, 2.75) is 6.92 Å². The Morgan fingerprint density at radius 1 is 1.12 bits per heavy atom. The number of benzene rings is 2. The average Bonchev–Trinajstić information content (AvgIpc) is 2.28. The van der Waals surface area contributed by atoms with E-state index in [1.807, 2.05) is 31.2 Å². The molecule has 88 valence electrons. The molecule has 0 fully saturated rings. The van der Waals surface area contributed by atoms with E-state index in [1.165, 1.54) is 0 Å². The topological polar surface area (TPSA) is 38.0 Å². The highest BCUT2D eigenvalue weighted by atomic mass is 79.9. The number of halogens is 2. The lowest BCUT2D eigenvalue weighted by Gasteiger charge is -2.12. The number of nitrogens with two attached hydrogens (primary N) is 1. The van der Waals surface area contributed by atoms with Crippen LogP contribution in [0.4, 0.5) is 17.1 Å². The van der Waals surface area contributed by atoms with Gasteiger partial charge in [-0.1, -0.05) is 33.6 Å². The van der Waals surface area contributed by atoms with Gasteiger partial charge >= 0.3 is 0 Å². The van der Waals surface area contributed by atoms with Crippen LogP contribution in [0.15, 0.2) is 40.9 Å². The smallest absolute Gasteiger partial charge is 0.0632 e. The summed E-state index contributed by atoms with van der Waals surface area (Å²) in [5, 5.41) is 3.94. The molecule has 0 aromatic heterocycles. The van der Waals surface area contributed by atoms with E-state index in [0.717, 1.165) is 21.4 Å². The summed E-state index contributed by atoms with van der Waals surface area (Å²) in [6.45, 7) is 2.04. The number of rotatable bonds is 2. The summed E-state index contributed by atoms with van der Waals surface area (Å²) in [4.78, 5) is 0. The fourth-order valence-electron chi connectivity index (χ4n) is 1.51. The van der Waals surface area contributed by atoms with Crippen molar-refractivity contribution in [2.24, 2.45) is 0 Å². The molecule has 3 N–H and O–H groups in total. The van der Waals surface area contributed by atoms with Crippen LogP contribution in [-0.4, -0.2) is 0 Å². The lowest BCUT2D eigenvalue weighted by molar-refractivity contribution is 1.42. The van der Waals surface area contributed by atoms with Gasteiger partial charge in [-0.3, -0.25) is 0 Å². The average molecular weight is 312 g/mol. The highest BCUT2D eigenvalue weighted by molar-refractivity contribution is 9.10. The van der Waals surface area contributed by atoms with Crippen LogP contribution in [0.3, 0.4) is 0 Å². The molecule has 0 radical (unpaired) electrons. The SMILES string of the molecule is Cc1ccc(Br)cc1Nc1cc(Cl)ccc1N. The quantitative estimate of drug-likeness (QED) is 0.786. The van der Waals surface area contributed by atoms with Crippen molar-refractivity contribution in [3.05, 3.63) is 51.5 Å². The van der Waals surface area contributed by atoms with Gasteiger partial charge in [0.2, 0.25) is 0 Å². The Morgan fingerprint density at radius 2 is 1.88 bits per heavy atom. The summed E-state index contributed by atoms with van der Waals surface area (Å²) in [6.07, 6.45) is 0. The third-order valence-electron chi connectivity index (χ3n) is 2.48. The second kappa shape index (κ2) is 4.98. The highest BCUT2D eigenvalue weighted by Gasteiger charge is 2.03. The third kappa shape index (κ3) is 2.93. The first-order chi connectivity index (χ1) is 8.06. The zero-order valence-corrected chi connectivity index (χ0v) is 11.6. The molecule has 2 aromatic rings. The van der Waals surface area contributed by atoms with Gasteiger partial charge in [0, 0.05) is 15.2 Å². The molecule has 2 rings (SSSR count). The summed E-state index contributed by atoms with van der Waals surface area (Å²) < 4.78 is 1.02. The second-order valence-electron chi connectivity index (χ2n) is 3.82. The Labute approximate surface area is 114 Å². The number of aryl methyl sites for hydroxylation is 1. The number of hydrogen-bond donors (Lipinski definition) is 2. The predicted molar refractivity (Wildman–Crippen MR) is 78.0 cm³/mol. The molecule has 0 saturated carbocycles. The van der Waals surface area contributed by atoms with Crippen LogP contribution in [0, 0.1) is 6.92 Å². The molecule has 0 unspecified atom stereocenters. The van der Waals surface area contributed by atoms with E-state index in [-0.39, 0.29) is 0 Å². The maximum absolute atomic E-state index is 5.95. The van der Waals surface area contributed by atoms with Gasteiger partial charge in [-0.25, -0.2) is 0 Å². The van der Waals surface area contributed by atoms with Crippen molar-refractivity contribution >= 4 is 44.6 Å². The maximum Gasteiger partial charge on any atom is 0.0632 e. The Hall–Kier alpha value is -1.19. The van der Waals surface area contributed by atoms with Crippen molar-refractivity contribution in [1.29, 1.82) is 0 Å². The van der Waals surface area contributed by atoms with E-state index in [4.69, 9.17) is 17.3 Å². The summed E-state index contributed by atoms with van der Waals surface area (Å²) in [6, 6.07) is 11.4. The molecule has 0 aliphatic heterocycles. The van der Waals surface area contributed by atoms with E-state index >= 15 is 0 Å². The molecule has 0 aliphatic rings. The van der Waals surface area contributed by atoms with Crippen LogP contribution in [0.2, 0.25) is 5.02 Å². The number of hydrogen-bond acceptors (Lipinski definition) is 2. The Balaban J connectivity index is 2.37. The predicted octanol–water partition coefficient (Wildman–Crippen LogP) is 4.74. The zero-order chi connectivity index (χ0) is 12.4.